The number of hydrogen-bond acceptors (Lipinski definition) is 2. The molecule has 0 aliphatic carbocycles. The van der Waals surface area contributed by atoms with Gasteiger partial charge in [-0.15, -0.1) is 6.58 Å². The lowest BCUT2D eigenvalue weighted by molar-refractivity contribution is -0.114. The highest BCUT2D eigenvalue weighted by Crippen LogP contribution is 1.62. The maximum absolute atomic E-state index is 9.25. The van der Waals surface area contributed by atoms with Crippen LogP contribution in [0.15, 0.2) is 12.7 Å². The summed E-state index contributed by atoms with van der Waals surface area (Å²) in [5.74, 6) is 0. The molecule has 8 heavy (non-hydrogen) atoms. The first kappa shape index (κ1) is 10.4. The average molecular weight is 116 g/mol. The molecule has 0 aromatic carbocycles. The van der Waals surface area contributed by atoms with Crippen LogP contribution in [0.5, 0.6) is 0 Å². The fraction of sp³-hybridized carbons (Fsp3) is 0.500. The maximum Gasteiger partial charge on any atom is 0.148 e. The molecule has 48 valence electrons. The third kappa shape index (κ3) is 54.6. The van der Waals surface area contributed by atoms with Crippen molar-refractivity contribution < 1.29 is 9.90 Å². The Morgan fingerprint density at radius 3 is 1.88 bits per heavy atom. The number of hydrogen-bond donors (Lipinski definition) is 1. The standard InChI is InChI=1S/C3H6O2.C3H6/c1-3(5)2-4;1-3-2/h2-3,5H,1H3;3H,1H2,2H3. The van der Waals surface area contributed by atoms with Crippen LogP contribution in [0, 0.1) is 0 Å². The second kappa shape index (κ2) is 9.62. The molecular formula is C6H12O2. The van der Waals surface area contributed by atoms with Crippen molar-refractivity contribution >= 4 is 6.29 Å². The van der Waals surface area contributed by atoms with E-state index in [2.05, 4.69) is 6.58 Å². The van der Waals surface area contributed by atoms with Crippen molar-refractivity contribution in [3.8, 4) is 0 Å². The Balaban J connectivity index is 0. The molecule has 0 bridgehead atoms. The van der Waals surface area contributed by atoms with E-state index in [1.54, 1.807) is 6.08 Å². The Hall–Kier alpha value is -0.630. The molecule has 0 fully saturated rings. The minimum Gasteiger partial charge on any atom is -0.386 e. The summed E-state index contributed by atoms with van der Waals surface area (Å²) >= 11 is 0. The van der Waals surface area contributed by atoms with Gasteiger partial charge in [-0.05, 0) is 13.8 Å². The molecule has 0 aromatic heterocycles. The number of carbonyl (C=O) groups is 1. The summed E-state index contributed by atoms with van der Waals surface area (Å²) in [6.07, 6.45) is 1.43. The van der Waals surface area contributed by atoms with Gasteiger partial charge < -0.3 is 9.90 Å². The Morgan fingerprint density at radius 2 is 1.88 bits per heavy atom. The topological polar surface area (TPSA) is 37.3 Å². The van der Waals surface area contributed by atoms with Gasteiger partial charge in [0.05, 0.1) is 0 Å². The van der Waals surface area contributed by atoms with Gasteiger partial charge in [0, 0.05) is 0 Å². The highest BCUT2D eigenvalue weighted by atomic mass is 16.3. The van der Waals surface area contributed by atoms with Crippen molar-refractivity contribution in [1.82, 2.24) is 0 Å². The number of aldehydes is 1. The molecule has 0 spiro atoms. The molecule has 1 unspecified atom stereocenters. The van der Waals surface area contributed by atoms with E-state index < -0.39 is 6.10 Å². The lowest BCUT2D eigenvalue weighted by Crippen LogP contribution is -1.97. The zero-order chi connectivity index (χ0) is 6.99. The fourth-order valence-corrected chi connectivity index (χ4v) is 0. The third-order valence-corrected chi connectivity index (χ3v) is 0.197. The van der Waals surface area contributed by atoms with Crippen molar-refractivity contribution in [2.75, 3.05) is 0 Å². The lowest BCUT2D eigenvalue weighted by atomic mass is 10.5. The maximum atomic E-state index is 9.25. The molecule has 0 aliphatic rings. The van der Waals surface area contributed by atoms with Crippen LogP contribution in [0.3, 0.4) is 0 Å². The SMILES string of the molecule is C=CC.CC(O)C=O. The van der Waals surface area contributed by atoms with Crippen LogP contribution in [0.1, 0.15) is 13.8 Å². The van der Waals surface area contributed by atoms with Gasteiger partial charge in [-0.2, -0.15) is 0 Å². The van der Waals surface area contributed by atoms with Crippen LogP contribution in [-0.2, 0) is 4.79 Å². The molecule has 0 heterocycles. The molecule has 0 saturated carbocycles. The smallest absolute Gasteiger partial charge is 0.148 e. The van der Waals surface area contributed by atoms with E-state index in [0.29, 0.717) is 6.29 Å². The van der Waals surface area contributed by atoms with Gasteiger partial charge in [0.1, 0.15) is 12.4 Å². The molecule has 1 atom stereocenters. The largest absolute Gasteiger partial charge is 0.386 e. The first-order chi connectivity index (χ1) is 3.68. The molecule has 0 aromatic rings. The summed E-state index contributed by atoms with van der Waals surface area (Å²) < 4.78 is 0. The Morgan fingerprint density at radius 1 is 1.75 bits per heavy atom. The van der Waals surface area contributed by atoms with Crippen LogP contribution < -0.4 is 0 Å². The summed E-state index contributed by atoms with van der Waals surface area (Å²) in [6, 6.07) is 0. The first-order valence-corrected chi connectivity index (χ1v) is 2.39. The van der Waals surface area contributed by atoms with Gasteiger partial charge in [-0.1, -0.05) is 6.08 Å². The average Bonchev–Trinajstić information content (AvgIpc) is 1.69. The number of allylic oxidation sites excluding steroid dienone is 1. The van der Waals surface area contributed by atoms with E-state index in [4.69, 9.17) is 5.11 Å². The minimum absolute atomic E-state index is 0.472. The van der Waals surface area contributed by atoms with Crippen LogP contribution in [0.2, 0.25) is 0 Å². The van der Waals surface area contributed by atoms with E-state index in [1.165, 1.54) is 6.92 Å². The predicted octanol–water partition coefficient (Wildman–Crippen LogP) is 0.758. The van der Waals surface area contributed by atoms with E-state index in [-0.39, 0.29) is 0 Å². The second-order valence-electron chi connectivity index (χ2n) is 1.28. The zero-order valence-electron chi connectivity index (χ0n) is 5.29. The minimum atomic E-state index is -0.796. The number of rotatable bonds is 1. The summed E-state index contributed by atoms with van der Waals surface area (Å²) in [5, 5.41) is 7.99. The number of aliphatic hydroxyl groups is 1. The third-order valence-electron chi connectivity index (χ3n) is 0.197. The van der Waals surface area contributed by atoms with Gasteiger partial charge in [-0.25, -0.2) is 0 Å². The number of carbonyl (C=O) groups excluding carboxylic acids is 1. The van der Waals surface area contributed by atoms with E-state index in [0.717, 1.165) is 0 Å². The van der Waals surface area contributed by atoms with Crippen LogP contribution in [-0.4, -0.2) is 17.5 Å². The van der Waals surface area contributed by atoms with Gasteiger partial charge in [-0.3, -0.25) is 0 Å². The van der Waals surface area contributed by atoms with Gasteiger partial charge in [0.25, 0.3) is 0 Å². The van der Waals surface area contributed by atoms with E-state index >= 15 is 0 Å². The monoisotopic (exact) mass is 116 g/mol. The van der Waals surface area contributed by atoms with Crippen LogP contribution >= 0.6 is 0 Å². The molecule has 0 rings (SSSR count). The predicted molar refractivity (Wildman–Crippen MR) is 33.6 cm³/mol. The quantitative estimate of drug-likeness (QED) is 0.405. The summed E-state index contributed by atoms with van der Waals surface area (Å²) in [4.78, 5) is 9.25. The highest BCUT2D eigenvalue weighted by molar-refractivity contribution is 5.54. The first-order valence-electron chi connectivity index (χ1n) is 2.39. The number of aliphatic hydroxyl groups excluding tert-OH is 1. The molecule has 0 radical (unpaired) electrons. The highest BCUT2D eigenvalue weighted by Gasteiger charge is 1.81. The summed E-state index contributed by atoms with van der Waals surface area (Å²) in [6.45, 7) is 6.66. The van der Waals surface area contributed by atoms with Crippen molar-refractivity contribution in [2.45, 2.75) is 20.0 Å². The molecule has 0 amide bonds. The van der Waals surface area contributed by atoms with Crippen molar-refractivity contribution in [3.05, 3.63) is 12.7 Å². The fourth-order valence-electron chi connectivity index (χ4n) is 0. The molecular weight excluding hydrogens is 104 g/mol. The Labute approximate surface area is 49.8 Å². The second-order valence-corrected chi connectivity index (χ2v) is 1.28. The summed E-state index contributed by atoms with van der Waals surface area (Å²) in [5.41, 5.74) is 0. The van der Waals surface area contributed by atoms with E-state index in [1.807, 2.05) is 6.92 Å². The van der Waals surface area contributed by atoms with Crippen molar-refractivity contribution in [3.63, 3.8) is 0 Å². The zero-order valence-corrected chi connectivity index (χ0v) is 5.29. The van der Waals surface area contributed by atoms with E-state index in [9.17, 15) is 4.79 Å². The van der Waals surface area contributed by atoms with Crippen molar-refractivity contribution in [2.24, 2.45) is 0 Å². The normalized spacial score (nSPS) is 10.4. The summed E-state index contributed by atoms with van der Waals surface area (Å²) in [7, 11) is 0. The van der Waals surface area contributed by atoms with Gasteiger partial charge in [0.2, 0.25) is 0 Å². The Kier molecular flexibility index (Phi) is 12.5. The molecule has 2 nitrogen and oxygen atoms in total. The molecule has 2 heteroatoms. The lowest BCUT2D eigenvalue weighted by Gasteiger charge is -1.79. The van der Waals surface area contributed by atoms with Crippen LogP contribution in [0.25, 0.3) is 0 Å². The van der Waals surface area contributed by atoms with Gasteiger partial charge >= 0.3 is 0 Å². The van der Waals surface area contributed by atoms with Crippen molar-refractivity contribution in [1.29, 1.82) is 0 Å². The van der Waals surface area contributed by atoms with Gasteiger partial charge in [0.15, 0.2) is 0 Å². The Bertz CT molecular complexity index is 57.5. The molecule has 0 saturated heterocycles. The molecule has 0 aliphatic heterocycles. The molecule has 1 N–H and O–H groups in total. The van der Waals surface area contributed by atoms with Crippen LogP contribution in [0.4, 0.5) is 0 Å².